The number of nitrogens with one attached hydrogen (secondary N) is 1. The lowest BCUT2D eigenvalue weighted by Gasteiger charge is -2.13. The van der Waals surface area contributed by atoms with Gasteiger partial charge in [0.1, 0.15) is 0 Å². The summed E-state index contributed by atoms with van der Waals surface area (Å²) in [4.78, 5) is 15.3. The molecule has 1 heterocycles. The monoisotopic (exact) mass is 291 g/mol. The van der Waals surface area contributed by atoms with Gasteiger partial charge in [-0.05, 0) is 12.1 Å². The van der Waals surface area contributed by atoms with Crippen LogP contribution in [0.4, 0.5) is 17.6 Å². The number of aromatic nitrogens is 3. The van der Waals surface area contributed by atoms with Gasteiger partial charge in [0.05, 0.1) is 0 Å². The van der Waals surface area contributed by atoms with E-state index in [2.05, 4.69) is 20.3 Å². The smallest absolute Gasteiger partial charge is 0.232 e. The summed E-state index contributed by atoms with van der Waals surface area (Å²) in [5.74, 6) is 1.80. The Morgan fingerprint density at radius 3 is 2.05 bits per heavy atom. The highest BCUT2D eigenvalue weighted by atomic mass is 15.3. The maximum absolute atomic E-state index is 4.52. The summed E-state index contributed by atoms with van der Waals surface area (Å²) < 4.78 is 0. The fraction of sp³-hybridized carbons (Fsp3) is 0.118. The lowest BCUT2D eigenvalue weighted by molar-refractivity contribution is 0.966. The summed E-state index contributed by atoms with van der Waals surface area (Å²) in [7, 11) is 3.83. The minimum atomic E-state index is 0.531. The molecule has 22 heavy (non-hydrogen) atoms. The number of hydrogen-bond acceptors (Lipinski definition) is 5. The summed E-state index contributed by atoms with van der Waals surface area (Å²) in [6.07, 6.45) is 0. The van der Waals surface area contributed by atoms with Crippen LogP contribution < -0.4 is 10.2 Å². The van der Waals surface area contributed by atoms with Crippen molar-refractivity contribution in [1.82, 2.24) is 15.0 Å². The molecule has 3 aromatic rings. The van der Waals surface area contributed by atoms with Gasteiger partial charge in [-0.1, -0.05) is 48.5 Å². The molecule has 0 fully saturated rings. The average molecular weight is 291 g/mol. The van der Waals surface area contributed by atoms with E-state index in [1.54, 1.807) is 0 Å². The van der Waals surface area contributed by atoms with Gasteiger partial charge < -0.3 is 10.2 Å². The van der Waals surface area contributed by atoms with Crippen molar-refractivity contribution in [2.75, 3.05) is 24.3 Å². The maximum atomic E-state index is 4.52. The molecule has 0 amide bonds. The summed E-state index contributed by atoms with van der Waals surface area (Å²) in [5.41, 5.74) is 1.90. The van der Waals surface area contributed by atoms with Gasteiger partial charge in [0, 0.05) is 25.3 Å². The summed E-state index contributed by atoms with van der Waals surface area (Å²) in [6, 6.07) is 19.7. The van der Waals surface area contributed by atoms with Crippen LogP contribution in [0.15, 0.2) is 60.7 Å². The number of anilines is 3. The normalized spacial score (nSPS) is 10.3. The highest BCUT2D eigenvalue weighted by molar-refractivity contribution is 5.61. The van der Waals surface area contributed by atoms with Crippen molar-refractivity contribution in [2.45, 2.75) is 0 Å². The molecular formula is C17H17N5. The van der Waals surface area contributed by atoms with Gasteiger partial charge in [-0.2, -0.15) is 15.0 Å². The topological polar surface area (TPSA) is 53.9 Å². The van der Waals surface area contributed by atoms with Crippen LogP contribution in [0, 0.1) is 0 Å². The minimum Gasteiger partial charge on any atom is -0.347 e. The van der Waals surface area contributed by atoms with E-state index in [1.165, 1.54) is 0 Å². The molecule has 1 N–H and O–H groups in total. The molecule has 0 saturated heterocycles. The molecule has 5 heteroatoms. The molecule has 0 aliphatic rings. The standard InChI is InChI=1S/C17H17N5/c1-22(2)17-20-15(13-9-5-3-6-10-13)19-16(21-17)18-14-11-7-4-8-12-14/h3-12H,1-2H3,(H,18,19,20,21). The van der Waals surface area contributed by atoms with E-state index in [-0.39, 0.29) is 0 Å². The largest absolute Gasteiger partial charge is 0.347 e. The molecule has 0 atom stereocenters. The zero-order chi connectivity index (χ0) is 15.4. The Morgan fingerprint density at radius 1 is 0.773 bits per heavy atom. The second kappa shape index (κ2) is 6.22. The number of para-hydroxylation sites is 1. The van der Waals surface area contributed by atoms with Crippen molar-refractivity contribution in [3.8, 4) is 11.4 Å². The third-order valence-corrected chi connectivity index (χ3v) is 3.09. The van der Waals surface area contributed by atoms with Crippen molar-refractivity contribution in [2.24, 2.45) is 0 Å². The van der Waals surface area contributed by atoms with Gasteiger partial charge in [0.2, 0.25) is 11.9 Å². The van der Waals surface area contributed by atoms with Crippen LogP contribution in [0.3, 0.4) is 0 Å². The van der Waals surface area contributed by atoms with Crippen LogP contribution in [0.25, 0.3) is 11.4 Å². The average Bonchev–Trinajstić information content (AvgIpc) is 2.56. The molecule has 0 bridgehead atoms. The van der Waals surface area contributed by atoms with E-state index in [0.717, 1.165) is 11.3 Å². The van der Waals surface area contributed by atoms with Crippen molar-refractivity contribution in [1.29, 1.82) is 0 Å². The maximum Gasteiger partial charge on any atom is 0.232 e. The fourth-order valence-electron chi connectivity index (χ4n) is 1.99. The van der Waals surface area contributed by atoms with E-state index in [9.17, 15) is 0 Å². The Morgan fingerprint density at radius 2 is 1.41 bits per heavy atom. The lowest BCUT2D eigenvalue weighted by atomic mass is 10.2. The highest BCUT2D eigenvalue weighted by Crippen LogP contribution is 2.20. The molecule has 0 radical (unpaired) electrons. The number of hydrogen-bond donors (Lipinski definition) is 1. The first-order chi connectivity index (χ1) is 10.7. The van der Waals surface area contributed by atoms with Gasteiger partial charge >= 0.3 is 0 Å². The van der Waals surface area contributed by atoms with Crippen molar-refractivity contribution in [3.63, 3.8) is 0 Å². The summed E-state index contributed by atoms with van der Waals surface area (Å²) in [5, 5.41) is 3.22. The number of benzene rings is 2. The third-order valence-electron chi connectivity index (χ3n) is 3.09. The first-order valence-corrected chi connectivity index (χ1v) is 7.03. The predicted molar refractivity (Wildman–Crippen MR) is 89.3 cm³/mol. The van der Waals surface area contributed by atoms with Gasteiger partial charge in [-0.25, -0.2) is 0 Å². The second-order valence-corrected chi connectivity index (χ2v) is 5.03. The van der Waals surface area contributed by atoms with Crippen LogP contribution in [0.2, 0.25) is 0 Å². The Bertz CT molecular complexity index is 742. The third kappa shape index (κ3) is 3.20. The van der Waals surface area contributed by atoms with Crippen molar-refractivity contribution in [3.05, 3.63) is 60.7 Å². The summed E-state index contributed by atoms with van der Waals surface area (Å²) >= 11 is 0. The molecule has 110 valence electrons. The molecule has 0 spiro atoms. The molecular weight excluding hydrogens is 274 g/mol. The molecule has 1 aromatic heterocycles. The second-order valence-electron chi connectivity index (χ2n) is 5.03. The SMILES string of the molecule is CN(C)c1nc(Nc2ccccc2)nc(-c2ccccc2)n1. The first-order valence-electron chi connectivity index (χ1n) is 7.03. The molecule has 0 aliphatic heterocycles. The lowest BCUT2D eigenvalue weighted by Crippen LogP contribution is -2.15. The zero-order valence-electron chi connectivity index (χ0n) is 12.6. The molecule has 5 nitrogen and oxygen atoms in total. The van der Waals surface area contributed by atoms with Crippen LogP contribution in [-0.2, 0) is 0 Å². The fourth-order valence-corrected chi connectivity index (χ4v) is 1.99. The van der Waals surface area contributed by atoms with Gasteiger partial charge in [-0.3, -0.25) is 0 Å². The Labute approximate surface area is 129 Å². The number of rotatable bonds is 4. The van der Waals surface area contributed by atoms with Crippen LogP contribution in [-0.4, -0.2) is 29.0 Å². The summed E-state index contributed by atoms with van der Waals surface area (Å²) in [6.45, 7) is 0. The van der Waals surface area contributed by atoms with E-state index >= 15 is 0 Å². The quantitative estimate of drug-likeness (QED) is 0.799. The van der Waals surface area contributed by atoms with E-state index in [4.69, 9.17) is 0 Å². The number of nitrogens with zero attached hydrogens (tertiary/aromatic N) is 4. The Kier molecular flexibility index (Phi) is 3.96. The highest BCUT2D eigenvalue weighted by Gasteiger charge is 2.09. The van der Waals surface area contributed by atoms with E-state index in [0.29, 0.717) is 17.7 Å². The zero-order valence-corrected chi connectivity index (χ0v) is 12.6. The Balaban J connectivity index is 2.01. The van der Waals surface area contributed by atoms with Gasteiger partial charge in [0.25, 0.3) is 0 Å². The van der Waals surface area contributed by atoms with Crippen LogP contribution >= 0.6 is 0 Å². The van der Waals surface area contributed by atoms with E-state index < -0.39 is 0 Å². The molecule has 0 aliphatic carbocycles. The van der Waals surface area contributed by atoms with Crippen molar-refractivity contribution >= 4 is 17.6 Å². The molecule has 2 aromatic carbocycles. The molecule has 3 rings (SSSR count). The van der Waals surface area contributed by atoms with Crippen LogP contribution in [0.1, 0.15) is 0 Å². The first kappa shape index (κ1) is 14.0. The van der Waals surface area contributed by atoms with Gasteiger partial charge in [-0.15, -0.1) is 0 Å². The molecule has 0 unspecified atom stereocenters. The minimum absolute atomic E-state index is 0.531. The van der Waals surface area contributed by atoms with Gasteiger partial charge in [0.15, 0.2) is 5.82 Å². The molecule has 0 saturated carbocycles. The predicted octanol–water partition coefficient (Wildman–Crippen LogP) is 3.35. The van der Waals surface area contributed by atoms with Crippen molar-refractivity contribution < 1.29 is 0 Å². The van der Waals surface area contributed by atoms with Crippen LogP contribution in [0.5, 0.6) is 0 Å². The van der Waals surface area contributed by atoms with E-state index in [1.807, 2.05) is 79.7 Å². The Hall–Kier alpha value is -2.95.